The molecule has 0 aromatic carbocycles. The van der Waals surface area contributed by atoms with Gasteiger partial charge in [0.1, 0.15) is 0 Å². The van der Waals surface area contributed by atoms with E-state index < -0.39 is 0 Å². The fourth-order valence-corrected chi connectivity index (χ4v) is 7.52. The Morgan fingerprint density at radius 3 is 2.11 bits per heavy atom. The van der Waals surface area contributed by atoms with Gasteiger partial charge >= 0.3 is 0 Å². The van der Waals surface area contributed by atoms with Crippen LogP contribution in [0.4, 0.5) is 0 Å². The Morgan fingerprint density at radius 1 is 0.889 bits per heavy atom. The highest BCUT2D eigenvalue weighted by molar-refractivity contribution is 9.09. The Balaban J connectivity index is 1.69. The number of hydrogen-bond donors (Lipinski definition) is 0. The third-order valence-corrected chi connectivity index (χ3v) is 8.54. The minimum atomic E-state index is 0.561. The summed E-state index contributed by atoms with van der Waals surface area (Å²) in [7, 11) is 0. The minimum Gasteiger partial charge on any atom is -0.0922 e. The molecule has 3 rings (SSSR count). The van der Waals surface area contributed by atoms with Crippen molar-refractivity contribution in [3.05, 3.63) is 0 Å². The lowest BCUT2D eigenvalue weighted by Crippen LogP contribution is -2.36. The zero-order valence-corrected chi connectivity index (χ0v) is 14.5. The predicted molar refractivity (Wildman–Crippen MR) is 85.5 cm³/mol. The van der Waals surface area contributed by atoms with E-state index in [1.54, 1.807) is 25.7 Å². The van der Waals surface area contributed by atoms with Gasteiger partial charge in [0.05, 0.1) is 0 Å². The molecule has 3 aliphatic rings. The van der Waals surface area contributed by atoms with Crippen LogP contribution in [0.1, 0.15) is 57.8 Å². The molecule has 18 heavy (non-hydrogen) atoms. The highest BCUT2D eigenvalue weighted by atomic mass is 79.9. The summed E-state index contributed by atoms with van der Waals surface area (Å²) in [4.78, 5) is 0. The average Bonchev–Trinajstić information content (AvgIpc) is 3.12. The van der Waals surface area contributed by atoms with Gasteiger partial charge in [0, 0.05) is 10.7 Å². The number of rotatable bonds is 5. The topological polar surface area (TPSA) is 0 Å². The van der Waals surface area contributed by atoms with Crippen LogP contribution in [0.5, 0.6) is 0 Å². The van der Waals surface area contributed by atoms with Gasteiger partial charge in [0.25, 0.3) is 0 Å². The summed E-state index contributed by atoms with van der Waals surface area (Å²) in [5.41, 5.74) is 0.561. The van der Waals surface area contributed by atoms with E-state index in [2.05, 4.69) is 31.9 Å². The Labute approximate surface area is 129 Å². The summed E-state index contributed by atoms with van der Waals surface area (Å²) < 4.78 is 0. The highest BCUT2D eigenvalue weighted by Crippen LogP contribution is 2.55. The molecule has 3 fully saturated rings. The van der Waals surface area contributed by atoms with Crippen LogP contribution in [0, 0.1) is 29.1 Å². The van der Waals surface area contributed by atoms with Crippen LogP contribution in [-0.2, 0) is 0 Å². The van der Waals surface area contributed by atoms with E-state index in [4.69, 9.17) is 0 Å². The SMILES string of the molecule is BrCC(CBr)(CC1CC2CCC1C2)C1CCCC1. The van der Waals surface area contributed by atoms with Gasteiger partial charge in [0.2, 0.25) is 0 Å². The van der Waals surface area contributed by atoms with Crippen LogP contribution in [0.2, 0.25) is 0 Å². The molecule has 0 aromatic rings. The van der Waals surface area contributed by atoms with Crippen molar-refractivity contribution in [3.8, 4) is 0 Å². The lowest BCUT2D eigenvalue weighted by Gasteiger charge is -2.40. The van der Waals surface area contributed by atoms with Crippen molar-refractivity contribution in [2.75, 3.05) is 10.7 Å². The van der Waals surface area contributed by atoms with E-state index in [1.165, 1.54) is 42.8 Å². The van der Waals surface area contributed by atoms with E-state index in [-0.39, 0.29) is 0 Å². The number of fused-ring (bicyclic) bond motifs is 2. The second-order valence-electron chi connectivity index (χ2n) is 7.25. The molecule has 0 heterocycles. The van der Waals surface area contributed by atoms with E-state index in [9.17, 15) is 0 Å². The molecule has 3 saturated carbocycles. The van der Waals surface area contributed by atoms with Gasteiger partial charge in [-0.1, -0.05) is 51.1 Å². The summed E-state index contributed by atoms with van der Waals surface area (Å²) in [6, 6.07) is 0. The van der Waals surface area contributed by atoms with Crippen molar-refractivity contribution < 1.29 is 0 Å². The Kier molecular flexibility index (Phi) is 4.45. The summed E-state index contributed by atoms with van der Waals surface area (Å²) >= 11 is 7.75. The molecule has 3 aliphatic carbocycles. The largest absolute Gasteiger partial charge is 0.0922 e. The second kappa shape index (κ2) is 5.76. The van der Waals surface area contributed by atoms with E-state index in [1.807, 2.05) is 0 Å². The first-order valence-corrected chi connectivity index (χ1v) is 10.1. The smallest absolute Gasteiger partial charge is 0.00987 e. The lowest BCUT2D eigenvalue weighted by molar-refractivity contribution is 0.149. The molecule has 0 N–H and O–H groups in total. The van der Waals surface area contributed by atoms with E-state index in [0.717, 1.165) is 23.7 Å². The van der Waals surface area contributed by atoms with Crippen molar-refractivity contribution in [1.82, 2.24) is 0 Å². The zero-order chi connectivity index (χ0) is 12.6. The number of halogens is 2. The summed E-state index contributed by atoms with van der Waals surface area (Å²) in [5.74, 6) is 4.23. The first kappa shape index (κ1) is 13.9. The molecule has 2 bridgehead atoms. The Hall–Kier alpha value is 0.960. The summed E-state index contributed by atoms with van der Waals surface area (Å²) in [6.45, 7) is 0. The molecule has 0 radical (unpaired) electrons. The summed E-state index contributed by atoms with van der Waals surface area (Å²) in [5, 5.41) is 2.42. The number of hydrogen-bond acceptors (Lipinski definition) is 0. The van der Waals surface area contributed by atoms with Crippen molar-refractivity contribution in [3.63, 3.8) is 0 Å². The molecule has 0 nitrogen and oxygen atoms in total. The van der Waals surface area contributed by atoms with Crippen molar-refractivity contribution in [2.45, 2.75) is 57.8 Å². The van der Waals surface area contributed by atoms with Crippen LogP contribution in [-0.4, -0.2) is 10.7 Å². The van der Waals surface area contributed by atoms with Gasteiger partial charge < -0.3 is 0 Å². The molecule has 0 spiro atoms. The monoisotopic (exact) mass is 376 g/mol. The Bertz CT molecular complexity index is 279. The maximum Gasteiger partial charge on any atom is 0.00987 e. The van der Waals surface area contributed by atoms with Crippen LogP contribution < -0.4 is 0 Å². The Morgan fingerprint density at radius 2 is 1.61 bits per heavy atom. The molecule has 0 aromatic heterocycles. The van der Waals surface area contributed by atoms with Gasteiger partial charge in [-0.3, -0.25) is 0 Å². The zero-order valence-electron chi connectivity index (χ0n) is 11.3. The van der Waals surface area contributed by atoms with Crippen molar-refractivity contribution >= 4 is 31.9 Å². The van der Waals surface area contributed by atoms with Gasteiger partial charge in [-0.2, -0.15) is 0 Å². The minimum absolute atomic E-state index is 0.561. The molecular formula is C16H26Br2. The molecule has 3 atom stereocenters. The highest BCUT2D eigenvalue weighted by Gasteiger charge is 2.46. The first-order chi connectivity index (χ1) is 8.77. The van der Waals surface area contributed by atoms with Gasteiger partial charge in [-0.05, 0) is 67.6 Å². The third-order valence-electron chi connectivity index (χ3n) is 6.31. The van der Waals surface area contributed by atoms with Crippen molar-refractivity contribution in [1.29, 1.82) is 0 Å². The van der Waals surface area contributed by atoms with Crippen LogP contribution >= 0.6 is 31.9 Å². The standard InChI is InChI=1S/C16H26Br2/c17-10-16(11-18,15-3-1-2-4-15)9-14-8-12-5-6-13(14)7-12/h12-15H,1-11H2. The van der Waals surface area contributed by atoms with Crippen molar-refractivity contribution in [2.24, 2.45) is 29.1 Å². The van der Waals surface area contributed by atoms with Gasteiger partial charge in [0.15, 0.2) is 0 Å². The number of alkyl halides is 2. The normalized spacial score (nSPS) is 36.7. The molecule has 0 saturated heterocycles. The first-order valence-electron chi connectivity index (χ1n) is 7.89. The fourth-order valence-electron chi connectivity index (χ4n) is 5.22. The quantitative estimate of drug-likeness (QED) is 0.532. The summed E-state index contributed by atoms with van der Waals surface area (Å²) in [6.07, 6.45) is 13.6. The fraction of sp³-hybridized carbons (Fsp3) is 1.00. The lowest BCUT2D eigenvalue weighted by atomic mass is 9.69. The van der Waals surface area contributed by atoms with E-state index in [0.29, 0.717) is 5.41 Å². The average molecular weight is 378 g/mol. The van der Waals surface area contributed by atoms with Crippen LogP contribution in [0.25, 0.3) is 0 Å². The molecule has 2 heteroatoms. The maximum absolute atomic E-state index is 3.87. The van der Waals surface area contributed by atoms with Gasteiger partial charge in [-0.25, -0.2) is 0 Å². The third kappa shape index (κ3) is 2.45. The van der Waals surface area contributed by atoms with Crippen LogP contribution in [0.15, 0.2) is 0 Å². The molecule has 104 valence electrons. The predicted octanol–water partition coefficient (Wildman–Crippen LogP) is 5.78. The molecular weight excluding hydrogens is 352 g/mol. The maximum atomic E-state index is 3.87. The molecule has 3 unspecified atom stereocenters. The van der Waals surface area contributed by atoms with E-state index >= 15 is 0 Å². The second-order valence-corrected chi connectivity index (χ2v) is 8.37. The van der Waals surface area contributed by atoms with Gasteiger partial charge in [-0.15, -0.1) is 0 Å². The van der Waals surface area contributed by atoms with Crippen LogP contribution in [0.3, 0.4) is 0 Å². The molecule has 0 amide bonds. The molecule has 0 aliphatic heterocycles.